The van der Waals surface area contributed by atoms with Gasteiger partial charge in [0.15, 0.2) is 5.78 Å². The summed E-state index contributed by atoms with van der Waals surface area (Å²) >= 11 is 0. The number of alkyl halides is 2. The molecule has 0 amide bonds. The van der Waals surface area contributed by atoms with Crippen LogP contribution in [-0.2, 0) is 6.54 Å². The van der Waals surface area contributed by atoms with Crippen LogP contribution in [0.2, 0.25) is 0 Å². The summed E-state index contributed by atoms with van der Waals surface area (Å²) in [6.45, 7) is 3.83. The minimum atomic E-state index is -2.57. The summed E-state index contributed by atoms with van der Waals surface area (Å²) in [4.78, 5) is 11.2. The summed E-state index contributed by atoms with van der Waals surface area (Å²) < 4.78 is 27.4. The van der Waals surface area contributed by atoms with Crippen LogP contribution >= 0.6 is 0 Å². The number of benzene rings is 1. The van der Waals surface area contributed by atoms with Crippen LogP contribution in [0.1, 0.15) is 36.2 Å². The lowest BCUT2D eigenvalue weighted by molar-refractivity contribution is 0.101. The van der Waals surface area contributed by atoms with Gasteiger partial charge in [0.25, 0.3) is 6.43 Å². The van der Waals surface area contributed by atoms with Crippen LogP contribution in [0.4, 0.5) is 8.78 Å². The van der Waals surface area contributed by atoms with E-state index < -0.39 is 6.43 Å². The fourth-order valence-corrected chi connectivity index (χ4v) is 1.85. The first kappa shape index (κ1) is 13.4. The van der Waals surface area contributed by atoms with Crippen molar-refractivity contribution in [2.45, 2.75) is 26.8 Å². The number of Topliss-reactive ketones (excluding diaryl/α,β-unsaturated/α-hetero) is 1. The highest BCUT2D eigenvalue weighted by atomic mass is 19.3. The van der Waals surface area contributed by atoms with Crippen molar-refractivity contribution in [3.63, 3.8) is 0 Å². The van der Waals surface area contributed by atoms with E-state index in [1.807, 2.05) is 6.92 Å². The van der Waals surface area contributed by atoms with Crippen LogP contribution < -0.4 is 0 Å². The fraction of sp³-hybridized carbons (Fsp3) is 0.286. The molecule has 19 heavy (non-hydrogen) atoms. The Morgan fingerprint density at radius 1 is 1.32 bits per heavy atom. The SMILES string of the molecule is CCn1cc(C(F)F)c(-c2ccc(C(C)=O)cc2)n1. The molecule has 0 aliphatic carbocycles. The molecule has 2 aromatic rings. The van der Waals surface area contributed by atoms with Gasteiger partial charge in [-0.25, -0.2) is 8.78 Å². The quantitative estimate of drug-likeness (QED) is 0.789. The molecule has 3 nitrogen and oxygen atoms in total. The van der Waals surface area contributed by atoms with E-state index >= 15 is 0 Å². The topological polar surface area (TPSA) is 34.9 Å². The number of ketones is 1. The Kier molecular flexibility index (Phi) is 3.74. The predicted octanol–water partition coefficient (Wildman–Crippen LogP) is 3.71. The van der Waals surface area contributed by atoms with Gasteiger partial charge in [-0.05, 0) is 13.8 Å². The number of aromatic nitrogens is 2. The highest BCUT2D eigenvalue weighted by Gasteiger charge is 2.18. The summed E-state index contributed by atoms with van der Waals surface area (Å²) in [6, 6.07) is 6.53. The minimum Gasteiger partial charge on any atom is -0.295 e. The molecule has 0 aliphatic heterocycles. The average molecular weight is 264 g/mol. The van der Waals surface area contributed by atoms with Crippen LogP contribution in [0.5, 0.6) is 0 Å². The zero-order valence-electron chi connectivity index (χ0n) is 10.7. The molecule has 5 heteroatoms. The first-order valence-corrected chi connectivity index (χ1v) is 5.99. The van der Waals surface area contributed by atoms with E-state index in [0.29, 0.717) is 17.7 Å². The lowest BCUT2D eigenvalue weighted by atomic mass is 10.0. The second-order valence-electron chi connectivity index (χ2n) is 4.22. The molecular weight excluding hydrogens is 250 g/mol. The molecule has 0 fully saturated rings. The fourth-order valence-electron chi connectivity index (χ4n) is 1.85. The zero-order chi connectivity index (χ0) is 14.0. The van der Waals surface area contributed by atoms with Crippen molar-refractivity contribution in [1.29, 1.82) is 0 Å². The maximum absolute atomic E-state index is 13.0. The number of rotatable bonds is 4. The monoisotopic (exact) mass is 264 g/mol. The summed E-state index contributed by atoms with van der Waals surface area (Å²) in [5.41, 5.74) is 1.33. The zero-order valence-corrected chi connectivity index (χ0v) is 10.7. The first-order chi connectivity index (χ1) is 9.02. The van der Waals surface area contributed by atoms with Gasteiger partial charge in [-0.2, -0.15) is 5.10 Å². The number of aryl methyl sites for hydroxylation is 1. The standard InChI is InChI=1S/C14H14F2N2O/c1-3-18-8-12(14(15)16)13(17-18)11-6-4-10(5-7-11)9(2)19/h4-8,14H,3H2,1-2H3. The second kappa shape index (κ2) is 5.30. The average Bonchev–Trinajstić information content (AvgIpc) is 2.83. The van der Waals surface area contributed by atoms with Crippen LogP contribution in [0.25, 0.3) is 11.3 Å². The molecule has 1 aromatic carbocycles. The van der Waals surface area contributed by atoms with Gasteiger partial charge >= 0.3 is 0 Å². The smallest absolute Gasteiger partial charge is 0.267 e. The molecule has 0 spiro atoms. The van der Waals surface area contributed by atoms with Gasteiger partial charge < -0.3 is 0 Å². The molecule has 0 N–H and O–H groups in total. The van der Waals surface area contributed by atoms with Gasteiger partial charge in [0.2, 0.25) is 0 Å². The molecule has 0 saturated heterocycles. The minimum absolute atomic E-state index is 0.0558. The molecule has 2 rings (SSSR count). The second-order valence-corrected chi connectivity index (χ2v) is 4.22. The van der Waals surface area contributed by atoms with Crippen molar-refractivity contribution >= 4 is 5.78 Å². The third-order valence-electron chi connectivity index (χ3n) is 2.91. The number of hydrogen-bond acceptors (Lipinski definition) is 2. The molecule has 1 heterocycles. The molecule has 0 atom stereocenters. The van der Waals surface area contributed by atoms with Crippen molar-refractivity contribution in [2.24, 2.45) is 0 Å². The Balaban J connectivity index is 2.45. The summed E-state index contributed by atoms with van der Waals surface area (Å²) in [6.07, 6.45) is -1.21. The van der Waals surface area contributed by atoms with Crippen LogP contribution in [0.15, 0.2) is 30.5 Å². The number of carbonyl (C=O) groups excluding carboxylic acids is 1. The van der Waals surface area contributed by atoms with E-state index in [9.17, 15) is 13.6 Å². The van der Waals surface area contributed by atoms with Crippen molar-refractivity contribution in [1.82, 2.24) is 9.78 Å². The molecule has 0 saturated carbocycles. The van der Waals surface area contributed by atoms with Gasteiger partial charge in [-0.3, -0.25) is 9.48 Å². The summed E-state index contributed by atoms with van der Waals surface area (Å²) in [7, 11) is 0. The van der Waals surface area contributed by atoms with E-state index in [1.165, 1.54) is 17.8 Å². The number of hydrogen-bond donors (Lipinski definition) is 0. The number of carbonyl (C=O) groups is 1. The van der Waals surface area contributed by atoms with E-state index in [0.717, 1.165) is 0 Å². The van der Waals surface area contributed by atoms with Gasteiger partial charge in [0.05, 0.1) is 5.56 Å². The maximum atomic E-state index is 13.0. The van der Waals surface area contributed by atoms with E-state index in [-0.39, 0.29) is 17.0 Å². The number of nitrogens with zero attached hydrogens (tertiary/aromatic N) is 2. The van der Waals surface area contributed by atoms with E-state index in [2.05, 4.69) is 5.10 Å². The molecule has 0 aliphatic rings. The lowest BCUT2D eigenvalue weighted by Crippen LogP contribution is -1.94. The van der Waals surface area contributed by atoms with Crippen molar-refractivity contribution in [3.8, 4) is 11.3 Å². The molecule has 100 valence electrons. The van der Waals surface area contributed by atoms with Gasteiger partial charge in [-0.15, -0.1) is 0 Å². The summed E-state index contributed by atoms with van der Waals surface area (Å²) in [5.74, 6) is -0.0558. The predicted molar refractivity (Wildman–Crippen MR) is 68.3 cm³/mol. The molecular formula is C14H14F2N2O. The van der Waals surface area contributed by atoms with Gasteiger partial charge in [0, 0.05) is 23.9 Å². The van der Waals surface area contributed by atoms with E-state index in [4.69, 9.17) is 0 Å². The van der Waals surface area contributed by atoms with Crippen LogP contribution in [0.3, 0.4) is 0 Å². The van der Waals surface area contributed by atoms with Crippen LogP contribution in [0, 0.1) is 0 Å². The Labute approximate surface area is 109 Å². The number of halogens is 2. The molecule has 1 aromatic heterocycles. The molecule has 0 bridgehead atoms. The largest absolute Gasteiger partial charge is 0.295 e. The van der Waals surface area contributed by atoms with Crippen molar-refractivity contribution < 1.29 is 13.6 Å². The maximum Gasteiger partial charge on any atom is 0.267 e. The van der Waals surface area contributed by atoms with Crippen molar-refractivity contribution in [3.05, 3.63) is 41.6 Å². The Morgan fingerprint density at radius 3 is 2.42 bits per heavy atom. The molecule has 0 radical (unpaired) electrons. The normalized spacial score (nSPS) is 11.0. The third kappa shape index (κ3) is 2.70. The Morgan fingerprint density at radius 2 is 1.95 bits per heavy atom. The summed E-state index contributed by atoms with van der Waals surface area (Å²) in [5, 5.41) is 4.15. The van der Waals surface area contributed by atoms with Crippen molar-refractivity contribution in [2.75, 3.05) is 0 Å². The van der Waals surface area contributed by atoms with E-state index in [1.54, 1.807) is 24.3 Å². The molecule has 0 unspecified atom stereocenters. The Hall–Kier alpha value is -2.04. The third-order valence-corrected chi connectivity index (χ3v) is 2.91. The highest BCUT2D eigenvalue weighted by Crippen LogP contribution is 2.30. The van der Waals surface area contributed by atoms with Gasteiger partial charge in [-0.1, -0.05) is 24.3 Å². The van der Waals surface area contributed by atoms with Gasteiger partial charge in [0.1, 0.15) is 5.69 Å². The first-order valence-electron chi connectivity index (χ1n) is 5.99. The van der Waals surface area contributed by atoms with Crippen LogP contribution in [-0.4, -0.2) is 15.6 Å². The Bertz CT molecular complexity index is 588. The highest BCUT2D eigenvalue weighted by molar-refractivity contribution is 5.94. The lowest BCUT2D eigenvalue weighted by Gasteiger charge is -2.02.